The number of rotatable bonds is 7. The summed E-state index contributed by atoms with van der Waals surface area (Å²) in [5.74, 6) is -1.04. The Morgan fingerprint density at radius 3 is 2.82 bits per heavy atom. The molecule has 7 heteroatoms. The largest absolute Gasteiger partial charge is 0.460 e. The second-order valence-electron chi connectivity index (χ2n) is 9.07. The van der Waals surface area contributed by atoms with Crippen LogP contribution in [0.5, 0.6) is 5.75 Å². The first-order chi connectivity index (χ1) is 15.9. The van der Waals surface area contributed by atoms with Gasteiger partial charge in [0.1, 0.15) is 12.1 Å². The molecule has 172 valence electrons. The highest BCUT2D eigenvalue weighted by Crippen LogP contribution is 2.37. The molecule has 1 fully saturated rings. The third-order valence-electron chi connectivity index (χ3n) is 7.04. The lowest BCUT2D eigenvalue weighted by atomic mass is 9.88. The molecule has 0 unspecified atom stereocenters. The molecule has 5 nitrogen and oxygen atoms in total. The average molecular weight is 452 g/mol. The minimum absolute atomic E-state index is 0.0813. The van der Waals surface area contributed by atoms with Crippen molar-refractivity contribution in [3.63, 3.8) is 0 Å². The molecule has 0 radical (unpaired) electrons. The Balaban J connectivity index is 1.37. The maximum Gasteiger partial charge on any atom is 0.249 e. The van der Waals surface area contributed by atoms with Crippen LogP contribution < -0.4 is 10.5 Å². The molecular formula is C26H27F2N3O2. The zero-order chi connectivity index (χ0) is 23.1. The number of halogens is 2. The molecule has 2 aromatic carbocycles. The van der Waals surface area contributed by atoms with Gasteiger partial charge < -0.3 is 20.4 Å². The van der Waals surface area contributed by atoms with Gasteiger partial charge in [-0.2, -0.15) is 0 Å². The van der Waals surface area contributed by atoms with Crippen LogP contribution in [-0.2, 0) is 6.42 Å². The topological polar surface area (TPSA) is 71.3 Å². The minimum Gasteiger partial charge on any atom is -0.460 e. The Hall–Kier alpha value is -3.35. The number of hydrogen-bond acceptors (Lipinski definition) is 3. The second-order valence-corrected chi connectivity index (χ2v) is 9.07. The number of nitrogens with two attached hydrogens (primary N) is 1. The molecule has 3 N–H and O–H groups in total. The summed E-state index contributed by atoms with van der Waals surface area (Å²) in [4.78, 5) is 17.5. The van der Waals surface area contributed by atoms with Crippen molar-refractivity contribution in [2.24, 2.45) is 5.73 Å². The van der Waals surface area contributed by atoms with Crippen molar-refractivity contribution in [2.45, 2.75) is 51.0 Å². The first kappa shape index (κ1) is 21.5. The number of fused-ring (bicyclic) bond motifs is 2. The summed E-state index contributed by atoms with van der Waals surface area (Å²) in [5, 5.41) is 0.911. The molecule has 5 rings (SSSR count). The summed E-state index contributed by atoms with van der Waals surface area (Å²) < 4.78 is 33.8. The number of primary amides is 1. The Kier molecular flexibility index (Phi) is 5.56. The molecule has 1 aliphatic carbocycles. The summed E-state index contributed by atoms with van der Waals surface area (Å²) in [6, 6.07) is 7.83. The van der Waals surface area contributed by atoms with Crippen LogP contribution in [-0.4, -0.2) is 28.4 Å². The number of ether oxygens (including phenoxy) is 1. The van der Waals surface area contributed by atoms with Crippen molar-refractivity contribution in [2.75, 3.05) is 6.54 Å². The fraction of sp³-hybridized carbons (Fsp3) is 0.346. The summed E-state index contributed by atoms with van der Waals surface area (Å²) in [7, 11) is 0. The highest BCUT2D eigenvalue weighted by molar-refractivity contribution is 5.95. The molecule has 1 aliphatic heterocycles. The summed E-state index contributed by atoms with van der Waals surface area (Å²) in [5.41, 5.74) is 9.28. The average Bonchev–Trinajstić information content (AvgIpc) is 3.18. The number of H-pyrrole nitrogens is 1. The van der Waals surface area contributed by atoms with Gasteiger partial charge in [0.05, 0.1) is 5.70 Å². The number of carbonyl (C=O) groups is 1. The van der Waals surface area contributed by atoms with Crippen molar-refractivity contribution >= 4 is 16.8 Å². The summed E-state index contributed by atoms with van der Waals surface area (Å²) in [6.07, 6.45) is 8.17. The van der Waals surface area contributed by atoms with Gasteiger partial charge in [-0.1, -0.05) is 6.92 Å². The predicted octanol–water partition coefficient (Wildman–Crippen LogP) is 5.37. The predicted molar refractivity (Wildman–Crippen MR) is 123 cm³/mol. The van der Waals surface area contributed by atoms with Gasteiger partial charge in [0.15, 0.2) is 11.6 Å². The lowest BCUT2D eigenvalue weighted by Crippen LogP contribution is -2.41. The van der Waals surface area contributed by atoms with E-state index in [-0.39, 0.29) is 17.5 Å². The molecule has 0 saturated heterocycles. The number of allylic oxidation sites excluding steroid dienone is 1. The Morgan fingerprint density at radius 1 is 1.27 bits per heavy atom. The second kappa shape index (κ2) is 8.54. The van der Waals surface area contributed by atoms with Crippen LogP contribution in [0.2, 0.25) is 0 Å². The molecule has 2 aliphatic rings. The quantitative estimate of drug-likeness (QED) is 0.507. The molecule has 0 spiro atoms. The highest BCUT2D eigenvalue weighted by Gasteiger charge is 2.31. The third-order valence-corrected chi connectivity index (χ3v) is 7.04. The minimum atomic E-state index is -0.591. The summed E-state index contributed by atoms with van der Waals surface area (Å²) >= 11 is 0. The zero-order valence-corrected chi connectivity index (χ0v) is 18.5. The number of nitrogens with one attached hydrogen (secondary N) is 1. The first-order valence-corrected chi connectivity index (χ1v) is 11.4. The van der Waals surface area contributed by atoms with Gasteiger partial charge in [-0.3, -0.25) is 4.79 Å². The number of hydrogen-bond donors (Lipinski definition) is 2. The van der Waals surface area contributed by atoms with E-state index < -0.39 is 11.7 Å². The number of aromatic amines is 1. The van der Waals surface area contributed by atoms with Crippen LogP contribution in [0.15, 0.2) is 48.5 Å². The van der Waals surface area contributed by atoms with E-state index in [9.17, 15) is 13.6 Å². The van der Waals surface area contributed by atoms with Crippen LogP contribution in [0, 0.1) is 11.6 Å². The van der Waals surface area contributed by atoms with Crippen LogP contribution in [0.4, 0.5) is 8.78 Å². The van der Waals surface area contributed by atoms with Crippen molar-refractivity contribution < 1.29 is 18.3 Å². The van der Waals surface area contributed by atoms with E-state index in [1.165, 1.54) is 24.6 Å². The molecule has 33 heavy (non-hydrogen) atoms. The fourth-order valence-electron chi connectivity index (χ4n) is 4.92. The van der Waals surface area contributed by atoms with Crippen molar-refractivity contribution in [3.8, 4) is 5.75 Å². The van der Waals surface area contributed by atoms with E-state index in [1.54, 1.807) is 18.4 Å². The molecule has 3 aromatic rings. The monoisotopic (exact) mass is 451 g/mol. The maximum atomic E-state index is 14.3. The molecule has 0 bridgehead atoms. The van der Waals surface area contributed by atoms with E-state index in [0.717, 1.165) is 48.0 Å². The Labute approximate surface area is 191 Å². The van der Waals surface area contributed by atoms with E-state index in [2.05, 4.69) is 16.8 Å². The number of nitrogens with zero attached hydrogens (tertiary/aromatic N) is 1. The van der Waals surface area contributed by atoms with Crippen LogP contribution in [0.1, 0.15) is 60.0 Å². The van der Waals surface area contributed by atoms with Gasteiger partial charge in [-0.05, 0) is 67.5 Å². The molecule has 1 atom stereocenters. The first-order valence-electron chi connectivity index (χ1n) is 11.4. The zero-order valence-electron chi connectivity index (χ0n) is 18.5. The number of aromatic nitrogens is 1. The van der Waals surface area contributed by atoms with E-state index in [1.807, 2.05) is 6.20 Å². The van der Waals surface area contributed by atoms with Gasteiger partial charge in [0.25, 0.3) is 0 Å². The van der Waals surface area contributed by atoms with Crippen LogP contribution >= 0.6 is 0 Å². The normalized spacial score (nSPS) is 16.5. The Bertz CT molecular complexity index is 1250. The van der Waals surface area contributed by atoms with Crippen molar-refractivity contribution in [3.05, 3.63) is 76.8 Å². The lowest BCUT2D eigenvalue weighted by molar-refractivity contribution is 0.0998. The number of benzene rings is 2. The van der Waals surface area contributed by atoms with Gasteiger partial charge >= 0.3 is 0 Å². The molecular weight excluding hydrogens is 424 g/mol. The third kappa shape index (κ3) is 3.96. The van der Waals surface area contributed by atoms with Gasteiger partial charge in [-0.25, -0.2) is 8.78 Å². The highest BCUT2D eigenvalue weighted by atomic mass is 19.1. The van der Waals surface area contributed by atoms with Crippen molar-refractivity contribution in [1.82, 2.24) is 9.88 Å². The fourth-order valence-corrected chi connectivity index (χ4v) is 4.92. The van der Waals surface area contributed by atoms with E-state index in [0.29, 0.717) is 23.6 Å². The van der Waals surface area contributed by atoms with Crippen molar-refractivity contribution in [1.29, 1.82) is 0 Å². The van der Waals surface area contributed by atoms with Gasteiger partial charge in [0, 0.05) is 47.2 Å². The molecule has 2 heterocycles. The van der Waals surface area contributed by atoms with Gasteiger partial charge in [-0.15, -0.1) is 0 Å². The standard InChI is InChI=1S/C26H27F2N3O2/c1-15(22-13-30-24-8-5-16(27)11-20(22)24)9-10-31(17-3-2-4-17)18-12-21-19(26(29)32)6-7-23(28)25(21)33-14-18/h5-8,11,13-15,17,30H,2-4,9-10,12H2,1H3,(H2,29,32)/t15-/m1/s1. The smallest absolute Gasteiger partial charge is 0.249 e. The van der Waals surface area contributed by atoms with E-state index >= 15 is 0 Å². The van der Waals surface area contributed by atoms with Gasteiger partial charge in [0.2, 0.25) is 5.91 Å². The number of amides is 1. The van der Waals surface area contributed by atoms with Crippen LogP contribution in [0.25, 0.3) is 10.9 Å². The maximum absolute atomic E-state index is 14.3. The lowest BCUT2D eigenvalue weighted by Gasteiger charge is -2.42. The van der Waals surface area contributed by atoms with E-state index in [4.69, 9.17) is 10.5 Å². The number of carbonyl (C=O) groups excluding carboxylic acids is 1. The summed E-state index contributed by atoms with van der Waals surface area (Å²) in [6.45, 7) is 2.92. The Morgan fingerprint density at radius 2 is 2.09 bits per heavy atom. The SMILES string of the molecule is C[C@H](CCN(C1=COc2c(F)ccc(C(N)=O)c2C1)C1CCC1)c1c[nH]c2ccc(F)cc12. The molecule has 1 aromatic heterocycles. The molecule has 1 saturated carbocycles. The van der Waals surface area contributed by atoms with Crippen LogP contribution in [0.3, 0.4) is 0 Å². The molecule has 1 amide bonds.